The van der Waals surface area contributed by atoms with Crippen molar-refractivity contribution in [3.05, 3.63) is 65.7 Å². The molecule has 0 saturated heterocycles. The second kappa shape index (κ2) is 7.26. The first kappa shape index (κ1) is 16.3. The van der Waals surface area contributed by atoms with Crippen molar-refractivity contribution >= 4 is 23.1 Å². The first-order chi connectivity index (χ1) is 11.0. The molecule has 0 saturated carbocycles. The van der Waals surface area contributed by atoms with Crippen molar-refractivity contribution in [1.29, 1.82) is 0 Å². The van der Waals surface area contributed by atoms with Gasteiger partial charge in [-0.05, 0) is 28.8 Å². The van der Waals surface area contributed by atoms with Gasteiger partial charge in [-0.3, -0.25) is 4.79 Å². The van der Waals surface area contributed by atoms with Crippen molar-refractivity contribution in [2.24, 2.45) is 0 Å². The third-order valence-electron chi connectivity index (χ3n) is 3.17. The molecular formula is C18H17NO4. The number of carbonyl (C=O) groups excluding carboxylic acids is 1. The van der Waals surface area contributed by atoms with Gasteiger partial charge in [0.05, 0.1) is 12.8 Å². The van der Waals surface area contributed by atoms with Gasteiger partial charge in [0.15, 0.2) is 0 Å². The van der Waals surface area contributed by atoms with Gasteiger partial charge in [0.25, 0.3) is 0 Å². The summed E-state index contributed by atoms with van der Waals surface area (Å²) in [6, 6.07) is 14.3. The Morgan fingerprint density at radius 1 is 1.09 bits per heavy atom. The van der Waals surface area contributed by atoms with Gasteiger partial charge >= 0.3 is 5.97 Å². The molecule has 0 aliphatic heterocycles. The number of nitrogens with one attached hydrogen (secondary N) is 1. The number of amides is 1. The summed E-state index contributed by atoms with van der Waals surface area (Å²) in [5.74, 6) is -0.767. The number of hydrogen-bond acceptors (Lipinski definition) is 3. The molecule has 0 atom stereocenters. The fourth-order valence-corrected chi connectivity index (χ4v) is 2.24. The van der Waals surface area contributed by atoms with E-state index >= 15 is 0 Å². The van der Waals surface area contributed by atoms with E-state index in [1.165, 1.54) is 14.0 Å². The predicted molar refractivity (Wildman–Crippen MR) is 88.5 cm³/mol. The zero-order valence-corrected chi connectivity index (χ0v) is 12.9. The minimum absolute atomic E-state index is 0.232. The number of carboxylic acids is 1. The maximum Gasteiger partial charge on any atom is 0.328 e. The van der Waals surface area contributed by atoms with E-state index in [2.05, 4.69) is 5.32 Å². The van der Waals surface area contributed by atoms with Gasteiger partial charge in [0.2, 0.25) is 5.91 Å². The second-order valence-electron chi connectivity index (χ2n) is 4.86. The minimum atomic E-state index is -1.04. The van der Waals surface area contributed by atoms with Crippen LogP contribution < -0.4 is 10.1 Å². The standard InChI is InChI=1S/C18H17NO4/c1-12(20)19-16-10-14(8-9-17(16)23-2)15(11-18(21)22)13-6-4-3-5-7-13/h3-11H,1-2H3,(H,19,20)(H,21,22). The second-order valence-corrected chi connectivity index (χ2v) is 4.86. The van der Waals surface area contributed by atoms with E-state index in [0.717, 1.165) is 11.6 Å². The Kier molecular flexibility index (Phi) is 5.15. The van der Waals surface area contributed by atoms with E-state index in [1.54, 1.807) is 18.2 Å². The van der Waals surface area contributed by atoms with Crippen LogP contribution in [0.4, 0.5) is 5.69 Å². The molecular weight excluding hydrogens is 294 g/mol. The van der Waals surface area contributed by atoms with Crippen LogP contribution in [0.25, 0.3) is 5.57 Å². The summed E-state index contributed by atoms with van der Waals surface area (Å²) < 4.78 is 5.22. The summed E-state index contributed by atoms with van der Waals surface area (Å²) >= 11 is 0. The molecule has 0 aromatic heterocycles. The molecule has 0 fully saturated rings. The Balaban J connectivity index is 2.56. The molecule has 0 spiro atoms. The number of aliphatic carboxylic acids is 1. The predicted octanol–water partition coefficient (Wildman–Crippen LogP) is 3.17. The molecule has 2 aromatic carbocycles. The van der Waals surface area contributed by atoms with E-state index in [9.17, 15) is 9.59 Å². The highest BCUT2D eigenvalue weighted by Crippen LogP contribution is 2.31. The Labute approximate surface area is 134 Å². The fraction of sp³-hybridized carbons (Fsp3) is 0.111. The molecule has 23 heavy (non-hydrogen) atoms. The summed E-state index contributed by atoms with van der Waals surface area (Å²) in [6.45, 7) is 1.40. The van der Waals surface area contributed by atoms with Gasteiger partial charge in [0.1, 0.15) is 5.75 Å². The number of ether oxygens (including phenoxy) is 1. The lowest BCUT2D eigenvalue weighted by Crippen LogP contribution is -2.07. The smallest absolute Gasteiger partial charge is 0.328 e. The van der Waals surface area contributed by atoms with Crippen LogP contribution in [0.3, 0.4) is 0 Å². The lowest BCUT2D eigenvalue weighted by Gasteiger charge is -2.13. The summed E-state index contributed by atoms with van der Waals surface area (Å²) in [5, 5.41) is 11.8. The zero-order chi connectivity index (χ0) is 16.8. The van der Waals surface area contributed by atoms with Crippen LogP contribution in [0.15, 0.2) is 54.6 Å². The molecule has 5 heteroatoms. The van der Waals surface area contributed by atoms with Gasteiger partial charge in [-0.2, -0.15) is 0 Å². The molecule has 118 valence electrons. The summed E-state index contributed by atoms with van der Waals surface area (Å²) in [4.78, 5) is 22.5. The van der Waals surface area contributed by atoms with Crippen molar-refractivity contribution < 1.29 is 19.4 Å². The maximum absolute atomic E-state index is 11.3. The Hall–Kier alpha value is -3.08. The van der Waals surface area contributed by atoms with Crippen LogP contribution in [-0.2, 0) is 9.59 Å². The summed E-state index contributed by atoms with van der Waals surface area (Å²) in [7, 11) is 1.51. The fourth-order valence-electron chi connectivity index (χ4n) is 2.24. The Bertz CT molecular complexity index is 751. The average Bonchev–Trinajstić information content (AvgIpc) is 2.52. The van der Waals surface area contributed by atoms with E-state index in [4.69, 9.17) is 9.84 Å². The Morgan fingerprint density at radius 3 is 2.35 bits per heavy atom. The third kappa shape index (κ3) is 4.20. The molecule has 2 rings (SSSR count). The Morgan fingerprint density at radius 2 is 1.78 bits per heavy atom. The van der Waals surface area contributed by atoms with Gasteiger partial charge in [-0.25, -0.2) is 4.79 Å². The van der Waals surface area contributed by atoms with Crippen LogP contribution >= 0.6 is 0 Å². The van der Waals surface area contributed by atoms with Gasteiger partial charge in [-0.15, -0.1) is 0 Å². The van der Waals surface area contributed by atoms with Gasteiger partial charge in [-0.1, -0.05) is 36.4 Å². The van der Waals surface area contributed by atoms with E-state index in [0.29, 0.717) is 22.6 Å². The van der Waals surface area contributed by atoms with Crippen molar-refractivity contribution in [3.63, 3.8) is 0 Å². The van der Waals surface area contributed by atoms with E-state index in [1.807, 2.05) is 30.3 Å². The van der Waals surface area contributed by atoms with Crippen LogP contribution in [0.5, 0.6) is 5.75 Å². The summed E-state index contributed by atoms with van der Waals surface area (Å²) in [6.07, 6.45) is 1.15. The highest BCUT2D eigenvalue weighted by atomic mass is 16.5. The number of carbonyl (C=O) groups is 2. The highest BCUT2D eigenvalue weighted by Gasteiger charge is 2.11. The van der Waals surface area contributed by atoms with Crippen LogP contribution in [-0.4, -0.2) is 24.1 Å². The molecule has 0 unspecified atom stereocenters. The maximum atomic E-state index is 11.3. The topological polar surface area (TPSA) is 75.6 Å². The van der Waals surface area contributed by atoms with Crippen LogP contribution in [0.2, 0.25) is 0 Å². The molecule has 1 amide bonds. The van der Waals surface area contributed by atoms with Crippen molar-refractivity contribution in [3.8, 4) is 5.75 Å². The third-order valence-corrected chi connectivity index (χ3v) is 3.17. The number of benzene rings is 2. The molecule has 0 aliphatic rings. The minimum Gasteiger partial charge on any atom is -0.495 e. The highest BCUT2D eigenvalue weighted by molar-refractivity contribution is 5.97. The van der Waals surface area contributed by atoms with Crippen molar-refractivity contribution in [2.75, 3.05) is 12.4 Å². The monoisotopic (exact) mass is 311 g/mol. The quantitative estimate of drug-likeness (QED) is 0.832. The molecule has 2 aromatic rings. The normalized spacial score (nSPS) is 11.0. The molecule has 0 aliphatic carbocycles. The number of rotatable bonds is 5. The van der Waals surface area contributed by atoms with Gasteiger partial charge in [0, 0.05) is 13.0 Å². The molecule has 5 nitrogen and oxygen atoms in total. The number of methoxy groups -OCH3 is 1. The van der Waals surface area contributed by atoms with E-state index < -0.39 is 5.97 Å². The SMILES string of the molecule is COc1ccc(C(=CC(=O)O)c2ccccc2)cc1NC(C)=O. The first-order valence-electron chi connectivity index (χ1n) is 6.97. The number of hydrogen-bond donors (Lipinski definition) is 2. The first-order valence-corrected chi connectivity index (χ1v) is 6.97. The van der Waals surface area contributed by atoms with Crippen LogP contribution in [0.1, 0.15) is 18.1 Å². The van der Waals surface area contributed by atoms with Crippen LogP contribution in [0, 0.1) is 0 Å². The van der Waals surface area contributed by atoms with Crippen molar-refractivity contribution in [2.45, 2.75) is 6.92 Å². The molecule has 0 radical (unpaired) electrons. The molecule has 2 N–H and O–H groups in total. The van der Waals surface area contributed by atoms with Crippen molar-refractivity contribution in [1.82, 2.24) is 0 Å². The molecule has 0 heterocycles. The zero-order valence-electron chi connectivity index (χ0n) is 12.9. The lowest BCUT2D eigenvalue weighted by molar-refractivity contribution is -0.131. The lowest BCUT2D eigenvalue weighted by atomic mass is 9.97. The van der Waals surface area contributed by atoms with E-state index in [-0.39, 0.29) is 5.91 Å². The number of anilines is 1. The molecule has 0 bridgehead atoms. The average molecular weight is 311 g/mol. The summed E-state index contributed by atoms with van der Waals surface area (Å²) in [5.41, 5.74) is 2.48. The number of carboxylic acid groups (broad SMARTS) is 1. The largest absolute Gasteiger partial charge is 0.495 e. The van der Waals surface area contributed by atoms with Gasteiger partial charge < -0.3 is 15.2 Å².